The topological polar surface area (TPSA) is 117 Å². The molecule has 1 aromatic heterocycles. The zero-order chi connectivity index (χ0) is 24.7. The van der Waals surface area contributed by atoms with Crippen molar-refractivity contribution in [3.8, 4) is 11.5 Å². The standard InChI is InChI=1S/C24H34N4O6S/c1-2-33-21-11-18(3-4-20(21)34-10-7-27-5-8-32-9-6-27)12-28-13-22(29)24(31,16-28)15-25-23(30)19-14-35-17-26-19/h3-4,11,14,17,22,29,31H,2,5-10,12-13,15-16H2,1H3,(H,25,30)/t22-,24+/m1/s1. The second-order valence-electron chi connectivity index (χ2n) is 8.86. The molecule has 1 amide bonds. The normalized spacial score (nSPS) is 23.3. The summed E-state index contributed by atoms with van der Waals surface area (Å²) in [5, 5.41) is 25.8. The predicted molar refractivity (Wildman–Crippen MR) is 131 cm³/mol. The molecule has 0 saturated carbocycles. The summed E-state index contributed by atoms with van der Waals surface area (Å²) in [6.07, 6.45) is -0.979. The number of hydrogen-bond acceptors (Lipinski definition) is 10. The predicted octanol–water partition coefficient (Wildman–Crippen LogP) is 0.590. The van der Waals surface area contributed by atoms with E-state index in [1.165, 1.54) is 11.3 Å². The molecule has 3 heterocycles. The minimum Gasteiger partial charge on any atom is -0.490 e. The fraction of sp³-hybridized carbons (Fsp3) is 0.583. The Bertz CT molecular complexity index is 955. The largest absolute Gasteiger partial charge is 0.490 e. The molecule has 0 spiro atoms. The van der Waals surface area contributed by atoms with Crippen molar-refractivity contribution >= 4 is 17.2 Å². The molecule has 1 aromatic carbocycles. The molecule has 2 aliphatic heterocycles. The van der Waals surface area contributed by atoms with Crippen LogP contribution in [-0.2, 0) is 11.3 Å². The molecule has 2 atom stereocenters. The van der Waals surface area contributed by atoms with Crippen LogP contribution in [0.25, 0.3) is 0 Å². The van der Waals surface area contributed by atoms with Crippen LogP contribution < -0.4 is 14.8 Å². The number of ether oxygens (including phenoxy) is 3. The zero-order valence-corrected chi connectivity index (χ0v) is 20.8. The summed E-state index contributed by atoms with van der Waals surface area (Å²) >= 11 is 1.33. The van der Waals surface area contributed by atoms with Gasteiger partial charge in [-0.15, -0.1) is 11.3 Å². The number of aromatic nitrogens is 1. The Hall–Kier alpha value is -2.28. The van der Waals surface area contributed by atoms with Gasteiger partial charge in [-0.1, -0.05) is 6.07 Å². The van der Waals surface area contributed by atoms with Crippen molar-refractivity contribution in [1.29, 1.82) is 0 Å². The van der Waals surface area contributed by atoms with E-state index in [0.29, 0.717) is 43.5 Å². The van der Waals surface area contributed by atoms with E-state index in [9.17, 15) is 15.0 Å². The van der Waals surface area contributed by atoms with Crippen molar-refractivity contribution in [2.24, 2.45) is 0 Å². The highest BCUT2D eigenvalue weighted by Gasteiger charge is 2.44. The van der Waals surface area contributed by atoms with Crippen molar-refractivity contribution in [3.05, 3.63) is 40.3 Å². The Morgan fingerprint density at radius 1 is 1.29 bits per heavy atom. The van der Waals surface area contributed by atoms with Crippen LogP contribution in [0.15, 0.2) is 29.1 Å². The molecule has 10 nitrogen and oxygen atoms in total. The highest BCUT2D eigenvalue weighted by atomic mass is 32.1. The summed E-state index contributed by atoms with van der Waals surface area (Å²) in [7, 11) is 0. The van der Waals surface area contributed by atoms with E-state index < -0.39 is 11.7 Å². The highest BCUT2D eigenvalue weighted by molar-refractivity contribution is 7.07. The number of thiazole rings is 1. The molecule has 0 aliphatic carbocycles. The Kier molecular flexibility index (Phi) is 8.93. The Balaban J connectivity index is 1.31. The third kappa shape index (κ3) is 6.90. The van der Waals surface area contributed by atoms with Gasteiger partial charge in [-0.2, -0.15) is 0 Å². The summed E-state index contributed by atoms with van der Waals surface area (Å²) in [5.41, 5.74) is 1.43. The monoisotopic (exact) mass is 506 g/mol. The van der Waals surface area contributed by atoms with Crippen LogP contribution in [-0.4, -0.2) is 108 Å². The number of aliphatic hydroxyl groups is 2. The lowest BCUT2D eigenvalue weighted by molar-refractivity contribution is -0.0377. The molecule has 0 bridgehead atoms. The maximum absolute atomic E-state index is 12.2. The van der Waals surface area contributed by atoms with Gasteiger partial charge in [0.1, 0.15) is 17.9 Å². The Labute approximate surface area is 209 Å². The quantitative estimate of drug-likeness (QED) is 0.403. The minimum atomic E-state index is -1.43. The fourth-order valence-corrected chi connectivity index (χ4v) is 4.85. The number of aliphatic hydroxyl groups excluding tert-OH is 1. The van der Waals surface area contributed by atoms with Crippen LogP contribution in [0.5, 0.6) is 11.5 Å². The maximum atomic E-state index is 12.2. The molecular formula is C24H34N4O6S. The second-order valence-corrected chi connectivity index (χ2v) is 9.58. The van der Waals surface area contributed by atoms with Gasteiger partial charge in [0.15, 0.2) is 11.5 Å². The number of hydrogen-bond donors (Lipinski definition) is 3. The van der Waals surface area contributed by atoms with Crippen LogP contribution in [0.3, 0.4) is 0 Å². The zero-order valence-electron chi connectivity index (χ0n) is 20.0. The van der Waals surface area contributed by atoms with Gasteiger partial charge in [0, 0.05) is 44.6 Å². The van der Waals surface area contributed by atoms with Crippen molar-refractivity contribution in [3.63, 3.8) is 0 Å². The van der Waals surface area contributed by atoms with Crippen molar-refractivity contribution < 1.29 is 29.2 Å². The average molecular weight is 507 g/mol. The number of carbonyl (C=O) groups is 1. The molecule has 2 fully saturated rings. The van der Waals surface area contributed by atoms with E-state index in [0.717, 1.165) is 38.4 Å². The number of β-amino-alcohol motifs (C(OH)–C–C–N with tert-alkyl or cyclic N) is 2. The third-order valence-electron chi connectivity index (χ3n) is 6.25. The molecule has 35 heavy (non-hydrogen) atoms. The van der Waals surface area contributed by atoms with E-state index in [2.05, 4.69) is 15.2 Å². The van der Waals surface area contributed by atoms with Gasteiger partial charge in [-0.25, -0.2) is 4.98 Å². The number of carbonyl (C=O) groups excluding carboxylic acids is 1. The van der Waals surface area contributed by atoms with E-state index in [4.69, 9.17) is 14.2 Å². The first-order valence-electron chi connectivity index (χ1n) is 11.9. The first kappa shape index (κ1) is 25.8. The Morgan fingerprint density at radius 3 is 2.86 bits per heavy atom. The van der Waals surface area contributed by atoms with E-state index in [1.807, 2.05) is 30.0 Å². The number of amides is 1. The molecule has 3 N–H and O–H groups in total. The number of benzene rings is 1. The number of likely N-dealkylation sites (tertiary alicyclic amines) is 1. The summed E-state index contributed by atoms with van der Waals surface area (Å²) in [4.78, 5) is 20.4. The molecule has 2 aromatic rings. The molecule has 4 rings (SSSR count). The van der Waals surface area contributed by atoms with Gasteiger partial charge < -0.3 is 29.7 Å². The number of rotatable bonds is 11. The summed E-state index contributed by atoms with van der Waals surface area (Å²) in [5.74, 6) is 1.01. The second kappa shape index (κ2) is 12.1. The molecule has 11 heteroatoms. The van der Waals surface area contributed by atoms with Gasteiger partial charge in [0.05, 0.1) is 38.0 Å². The molecule has 2 aliphatic rings. The number of morpholine rings is 1. The van der Waals surface area contributed by atoms with Gasteiger partial charge in [-0.3, -0.25) is 14.6 Å². The van der Waals surface area contributed by atoms with Gasteiger partial charge >= 0.3 is 0 Å². The van der Waals surface area contributed by atoms with Crippen molar-refractivity contribution in [2.45, 2.75) is 25.2 Å². The molecule has 2 saturated heterocycles. The van der Waals surface area contributed by atoms with Gasteiger partial charge in [0.2, 0.25) is 0 Å². The Morgan fingerprint density at radius 2 is 2.11 bits per heavy atom. The van der Waals surface area contributed by atoms with E-state index in [-0.39, 0.29) is 19.0 Å². The van der Waals surface area contributed by atoms with Crippen LogP contribution >= 0.6 is 11.3 Å². The molecular weight excluding hydrogens is 472 g/mol. The number of nitrogens with zero attached hydrogens (tertiary/aromatic N) is 3. The lowest BCUT2D eigenvalue weighted by Crippen LogP contribution is -2.51. The highest BCUT2D eigenvalue weighted by Crippen LogP contribution is 2.30. The van der Waals surface area contributed by atoms with Crippen LogP contribution in [0.4, 0.5) is 0 Å². The van der Waals surface area contributed by atoms with E-state index >= 15 is 0 Å². The van der Waals surface area contributed by atoms with Crippen molar-refractivity contribution in [2.75, 3.05) is 65.7 Å². The summed E-state index contributed by atoms with van der Waals surface area (Å²) < 4.78 is 17.2. The van der Waals surface area contributed by atoms with Crippen LogP contribution in [0, 0.1) is 0 Å². The fourth-order valence-electron chi connectivity index (χ4n) is 4.32. The van der Waals surface area contributed by atoms with Crippen molar-refractivity contribution in [1.82, 2.24) is 20.1 Å². The lowest BCUT2D eigenvalue weighted by atomic mass is 10.0. The summed E-state index contributed by atoms with van der Waals surface area (Å²) in [6.45, 7) is 8.20. The molecule has 192 valence electrons. The number of nitrogens with one attached hydrogen (secondary N) is 1. The first-order chi connectivity index (χ1) is 17.0. The molecule has 0 unspecified atom stereocenters. The van der Waals surface area contributed by atoms with Gasteiger partial charge in [0.25, 0.3) is 5.91 Å². The smallest absolute Gasteiger partial charge is 0.270 e. The van der Waals surface area contributed by atoms with E-state index in [1.54, 1.807) is 10.9 Å². The third-order valence-corrected chi connectivity index (χ3v) is 6.84. The lowest BCUT2D eigenvalue weighted by Gasteiger charge is -2.26. The average Bonchev–Trinajstić information content (AvgIpc) is 3.48. The maximum Gasteiger partial charge on any atom is 0.270 e. The minimum absolute atomic E-state index is 0.0544. The molecule has 0 radical (unpaired) electrons. The first-order valence-corrected chi connectivity index (χ1v) is 12.9. The van der Waals surface area contributed by atoms with Gasteiger partial charge in [-0.05, 0) is 24.6 Å². The van der Waals surface area contributed by atoms with Crippen LogP contribution in [0.1, 0.15) is 23.0 Å². The van der Waals surface area contributed by atoms with Crippen LogP contribution in [0.2, 0.25) is 0 Å². The summed E-state index contributed by atoms with van der Waals surface area (Å²) in [6, 6.07) is 5.83. The SMILES string of the molecule is CCOc1cc(CN2C[C@@H](O)[C@](O)(CNC(=O)c3cscn3)C2)ccc1OCCN1CCOCC1.